The fraction of sp³-hybridized carbons (Fsp3) is 0.400. The summed E-state index contributed by atoms with van der Waals surface area (Å²) in [6.07, 6.45) is 3.30. The van der Waals surface area contributed by atoms with E-state index in [0.717, 1.165) is 43.1 Å². The number of nitrogens with zero attached hydrogens (tertiary/aromatic N) is 5. The molecular formula is C20H21N5O. The second kappa shape index (κ2) is 6.75. The zero-order chi connectivity index (χ0) is 18.1. The molecule has 6 nitrogen and oxygen atoms in total. The number of rotatable bonds is 2. The number of amides is 1. The number of hydrogen-bond donors (Lipinski definition) is 0. The fourth-order valence-corrected chi connectivity index (χ4v) is 3.84. The summed E-state index contributed by atoms with van der Waals surface area (Å²) in [6, 6.07) is 9.82. The first-order chi connectivity index (χ1) is 12.6. The highest BCUT2D eigenvalue weighted by Crippen LogP contribution is 2.29. The molecule has 1 aromatic heterocycles. The predicted molar refractivity (Wildman–Crippen MR) is 97.6 cm³/mol. The van der Waals surface area contributed by atoms with Crippen LogP contribution in [0.4, 0.5) is 5.95 Å². The van der Waals surface area contributed by atoms with Gasteiger partial charge in [-0.05, 0) is 49.1 Å². The maximum atomic E-state index is 12.9. The summed E-state index contributed by atoms with van der Waals surface area (Å²) in [5.74, 6) is 0.972. The third-order valence-electron chi connectivity index (χ3n) is 5.27. The van der Waals surface area contributed by atoms with Crippen molar-refractivity contribution in [1.29, 1.82) is 5.26 Å². The van der Waals surface area contributed by atoms with Gasteiger partial charge in [-0.1, -0.05) is 6.07 Å². The molecule has 1 unspecified atom stereocenters. The summed E-state index contributed by atoms with van der Waals surface area (Å²) in [7, 11) is 0. The van der Waals surface area contributed by atoms with Gasteiger partial charge in [-0.25, -0.2) is 9.97 Å². The van der Waals surface area contributed by atoms with Crippen LogP contribution in [0.15, 0.2) is 30.5 Å². The summed E-state index contributed by atoms with van der Waals surface area (Å²) in [5, 5.41) is 9.04. The van der Waals surface area contributed by atoms with Crippen molar-refractivity contribution in [3.63, 3.8) is 0 Å². The zero-order valence-electron chi connectivity index (χ0n) is 14.9. The number of aryl methyl sites for hydroxylation is 1. The first-order valence-electron chi connectivity index (χ1n) is 8.99. The van der Waals surface area contributed by atoms with Crippen LogP contribution >= 0.6 is 0 Å². The van der Waals surface area contributed by atoms with E-state index in [9.17, 15) is 4.79 Å². The van der Waals surface area contributed by atoms with Crippen molar-refractivity contribution < 1.29 is 4.79 Å². The van der Waals surface area contributed by atoms with Crippen LogP contribution < -0.4 is 4.90 Å². The Morgan fingerprint density at radius 1 is 1.15 bits per heavy atom. The van der Waals surface area contributed by atoms with E-state index in [4.69, 9.17) is 5.26 Å². The van der Waals surface area contributed by atoms with E-state index in [1.807, 2.05) is 36.1 Å². The Bertz CT molecular complexity index is 880. The fourth-order valence-electron chi connectivity index (χ4n) is 3.84. The molecule has 2 aromatic rings. The minimum atomic E-state index is 0.000660. The van der Waals surface area contributed by atoms with Gasteiger partial charge in [0.05, 0.1) is 11.6 Å². The second-order valence-corrected chi connectivity index (χ2v) is 7.01. The smallest absolute Gasteiger partial charge is 0.226 e. The van der Waals surface area contributed by atoms with Gasteiger partial charge in [-0.15, -0.1) is 0 Å². The first-order valence-corrected chi connectivity index (χ1v) is 8.99. The molecule has 1 atom stereocenters. The molecule has 132 valence electrons. The highest BCUT2D eigenvalue weighted by molar-refractivity contribution is 5.80. The molecule has 4 rings (SSSR count). The van der Waals surface area contributed by atoms with E-state index in [2.05, 4.69) is 20.9 Å². The average Bonchev–Trinajstić information content (AvgIpc) is 3.10. The van der Waals surface area contributed by atoms with E-state index < -0.39 is 0 Å². The van der Waals surface area contributed by atoms with Crippen molar-refractivity contribution in [3.8, 4) is 6.07 Å². The summed E-state index contributed by atoms with van der Waals surface area (Å²) in [5.41, 5.74) is 3.97. The van der Waals surface area contributed by atoms with Gasteiger partial charge in [0.25, 0.3) is 0 Å². The average molecular weight is 347 g/mol. The predicted octanol–water partition coefficient (Wildman–Crippen LogP) is 1.72. The van der Waals surface area contributed by atoms with Gasteiger partial charge < -0.3 is 9.80 Å². The van der Waals surface area contributed by atoms with E-state index >= 15 is 0 Å². The van der Waals surface area contributed by atoms with Crippen molar-refractivity contribution in [2.75, 3.05) is 31.1 Å². The maximum Gasteiger partial charge on any atom is 0.226 e. The second-order valence-electron chi connectivity index (χ2n) is 7.01. The van der Waals surface area contributed by atoms with Crippen molar-refractivity contribution >= 4 is 11.9 Å². The zero-order valence-corrected chi connectivity index (χ0v) is 14.9. The van der Waals surface area contributed by atoms with Crippen LogP contribution in [0, 0.1) is 24.2 Å². The number of benzene rings is 1. The van der Waals surface area contributed by atoms with Gasteiger partial charge in [0.1, 0.15) is 0 Å². The Hall–Kier alpha value is -2.94. The SMILES string of the molecule is Cc1ccnc(N2CCN(C(=O)C3Cc4ccc(C#N)cc4C3)CC2)n1. The Balaban J connectivity index is 1.38. The molecule has 1 fully saturated rings. The molecular weight excluding hydrogens is 326 g/mol. The first kappa shape index (κ1) is 16.5. The molecule has 0 bridgehead atoms. The van der Waals surface area contributed by atoms with E-state index in [-0.39, 0.29) is 11.8 Å². The van der Waals surface area contributed by atoms with Crippen LogP contribution in [-0.2, 0) is 17.6 Å². The Kier molecular flexibility index (Phi) is 4.29. The number of fused-ring (bicyclic) bond motifs is 1. The van der Waals surface area contributed by atoms with Gasteiger partial charge in [0.2, 0.25) is 11.9 Å². The normalized spacial score (nSPS) is 19.2. The van der Waals surface area contributed by atoms with Crippen LogP contribution in [0.25, 0.3) is 0 Å². The summed E-state index contributed by atoms with van der Waals surface area (Å²) in [4.78, 5) is 25.8. The topological polar surface area (TPSA) is 73.1 Å². The van der Waals surface area contributed by atoms with Gasteiger partial charge in [-0.2, -0.15) is 5.26 Å². The lowest BCUT2D eigenvalue weighted by Crippen LogP contribution is -2.51. The molecule has 0 N–H and O–H groups in total. The van der Waals surface area contributed by atoms with Gasteiger partial charge in [-0.3, -0.25) is 4.79 Å². The quantitative estimate of drug-likeness (QED) is 0.827. The molecule has 1 amide bonds. The number of anilines is 1. The summed E-state index contributed by atoms with van der Waals surface area (Å²) in [6.45, 7) is 4.88. The molecule has 0 radical (unpaired) electrons. The number of hydrogen-bond acceptors (Lipinski definition) is 5. The highest BCUT2D eigenvalue weighted by Gasteiger charge is 2.32. The monoisotopic (exact) mass is 347 g/mol. The highest BCUT2D eigenvalue weighted by atomic mass is 16.2. The third-order valence-corrected chi connectivity index (χ3v) is 5.27. The minimum Gasteiger partial charge on any atom is -0.339 e. The van der Waals surface area contributed by atoms with Crippen LogP contribution in [-0.4, -0.2) is 47.0 Å². The number of nitriles is 1. The van der Waals surface area contributed by atoms with Crippen molar-refractivity contribution in [1.82, 2.24) is 14.9 Å². The van der Waals surface area contributed by atoms with Crippen LogP contribution in [0.5, 0.6) is 0 Å². The minimum absolute atomic E-state index is 0.000660. The number of aromatic nitrogens is 2. The number of carbonyl (C=O) groups is 1. The summed E-state index contributed by atoms with van der Waals surface area (Å²) < 4.78 is 0. The lowest BCUT2D eigenvalue weighted by atomic mass is 10.0. The van der Waals surface area contributed by atoms with Crippen molar-refractivity contribution in [3.05, 3.63) is 52.8 Å². The molecule has 1 saturated heterocycles. The summed E-state index contributed by atoms with van der Waals surface area (Å²) >= 11 is 0. The van der Waals surface area contributed by atoms with Gasteiger partial charge >= 0.3 is 0 Å². The Morgan fingerprint density at radius 2 is 1.92 bits per heavy atom. The van der Waals surface area contributed by atoms with Gasteiger partial charge in [0, 0.05) is 44.0 Å². The third kappa shape index (κ3) is 3.13. The standard InChI is InChI=1S/C20H21N5O/c1-14-4-5-22-20(23-14)25-8-6-24(7-9-25)19(26)18-11-16-3-2-15(13-21)10-17(16)12-18/h2-5,10,18H,6-9,11-12H2,1H3. The number of piperazine rings is 1. The Morgan fingerprint density at radius 3 is 2.65 bits per heavy atom. The molecule has 2 aliphatic rings. The van der Waals surface area contributed by atoms with E-state index in [1.165, 1.54) is 5.56 Å². The molecule has 26 heavy (non-hydrogen) atoms. The Labute approximate surface area is 153 Å². The van der Waals surface area contributed by atoms with Crippen LogP contribution in [0.3, 0.4) is 0 Å². The molecule has 0 spiro atoms. The van der Waals surface area contributed by atoms with Crippen LogP contribution in [0.1, 0.15) is 22.4 Å². The molecule has 1 aliphatic carbocycles. The molecule has 1 aliphatic heterocycles. The van der Waals surface area contributed by atoms with E-state index in [0.29, 0.717) is 18.7 Å². The van der Waals surface area contributed by atoms with Gasteiger partial charge in [0.15, 0.2) is 0 Å². The molecule has 1 aromatic carbocycles. The van der Waals surface area contributed by atoms with Crippen LogP contribution in [0.2, 0.25) is 0 Å². The van der Waals surface area contributed by atoms with E-state index in [1.54, 1.807) is 6.20 Å². The van der Waals surface area contributed by atoms with Crippen molar-refractivity contribution in [2.45, 2.75) is 19.8 Å². The van der Waals surface area contributed by atoms with Crippen molar-refractivity contribution in [2.24, 2.45) is 5.92 Å². The maximum absolute atomic E-state index is 12.9. The molecule has 6 heteroatoms. The lowest BCUT2D eigenvalue weighted by Gasteiger charge is -2.36. The molecule has 0 saturated carbocycles. The lowest BCUT2D eigenvalue weighted by molar-refractivity contribution is -0.135. The number of carbonyl (C=O) groups excluding carboxylic acids is 1. The molecule has 2 heterocycles. The largest absolute Gasteiger partial charge is 0.339 e.